The number of nitrogens with zero attached hydrogens (tertiary/aromatic N) is 1. The van der Waals surface area contributed by atoms with Crippen molar-refractivity contribution in [1.29, 1.82) is 0 Å². The van der Waals surface area contributed by atoms with Crippen molar-refractivity contribution in [3.05, 3.63) is 53.9 Å². The fourth-order valence-corrected chi connectivity index (χ4v) is 1.12. The Bertz CT molecular complexity index is 434. The summed E-state index contributed by atoms with van der Waals surface area (Å²) in [5.41, 5.74) is 0.679. The molecule has 0 aliphatic rings. The second kappa shape index (κ2) is 3.41. The third kappa shape index (κ3) is 1.54. The van der Waals surface area contributed by atoms with Crippen LogP contribution in [0.3, 0.4) is 0 Å². The highest BCUT2D eigenvalue weighted by Gasteiger charge is 2.10. The second-order valence-corrected chi connectivity index (χ2v) is 2.77. The number of pyridine rings is 1. The molecule has 0 fully saturated rings. The molecular weight excluding hydrogens is 183 g/mol. The van der Waals surface area contributed by atoms with Gasteiger partial charge in [0.05, 0.1) is 11.9 Å². The van der Waals surface area contributed by atoms with E-state index in [2.05, 4.69) is 9.97 Å². The van der Waals surface area contributed by atoms with Gasteiger partial charge in [0.15, 0.2) is 0 Å². The SMILES string of the molecule is O=C(c1ccc(F)cn1)c1ccc[nH]1. The van der Waals surface area contributed by atoms with Gasteiger partial charge in [0, 0.05) is 6.20 Å². The summed E-state index contributed by atoms with van der Waals surface area (Å²) in [6, 6.07) is 5.94. The van der Waals surface area contributed by atoms with Crippen LogP contribution in [0.1, 0.15) is 16.2 Å². The Labute approximate surface area is 79.6 Å². The van der Waals surface area contributed by atoms with Gasteiger partial charge in [-0.15, -0.1) is 0 Å². The van der Waals surface area contributed by atoms with Crippen molar-refractivity contribution in [2.75, 3.05) is 0 Å². The topological polar surface area (TPSA) is 45.8 Å². The first-order valence-electron chi connectivity index (χ1n) is 4.07. The van der Waals surface area contributed by atoms with Gasteiger partial charge < -0.3 is 4.98 Å². The van der Waals surface area contributed by atoms with Crippen LogP contribution in [0, 0.1) is 5.82 Å². The average Bonchev–Trinajstić information content (AvgIpc) is 2.71. The number of hydrogen-bond acceptors (Lipinski definition) is 2. The summed E-state index contributed by atoms with van der Waals surface area (Å²) < 4.78 is 12.5. The number of carbonyl (C=O) groups is 1. The maximum Gasteiger partial charge on any atom is 0.227 e. The summed E-state index contributed by atoms with van der Waals surface area (Å²) in [5.74, 6) is -0.692. The number of H-pyrrole nitrogens is 1. The van der Waals surface area contributed by atoms with Crippen LogP contribution in [0.15, 0.2) is 36.7 Å². The van der Waals surface area contributed by atoms with Crippen LogP contribution >= 0.6 is 0 Å². The molecule has 0 aliphatic heterocycles. The molecule has 0 aromatic carbocycles. The molecule has 0 bridgehead atoms. The van der Waals surface area contributed by atoms with E-state index in [0.29, 0.717) is 5.69 Å². The van der Waals surface area contributed by atoms with Crippen molar-refractivity contribution < 1.29 is 9.18 Å². The van der Waals surface area contributed by atoms with Gasteiger partial charge in [-0.1, -0.05) is 0 Å². The van der Waals surface area contributed by atoms with Gasteiger partial charge in [-0.25, -0.2) is 9.37 Å². The fraction of sp³-hybridized carbons (Fsp3) is 0. The molecule has 3 nitrogen and oxygen atoms in total. The lowest BCUT2D eigenvalue weighted by Gasteiger charge is -1.96. The molecule has 14 heavy (non-hydrogen) atoms. The quantitative estimate of drug-likeness (QED) is 0.733. The summed E-state index contributed by atoms with van der Waals surface area (Å²) >= 11 is 0. The van der Waals surface area contributed by atoms with Crippen LogP contribution < -0.4 is 0 Å². The Balaban J connectivity index is 2.33. The minimum atomic E-state index is -0.451. The predicted molar refractivity (Wildman–Crippen MR) is 48.4 cm³/mol. The number of rotatable bonds is 2. The van der Waals surface area contributed by atoms with E-state index in [0.717, 1.165) is 6.20 Å². The summed E-state index contributed by atoms with van der Waals surface area (Å²) in [4.78, 5) is 18.1. The molecule has 0 saturated heterocycles. The summed E-state index contributed by atoms with van der Waals surface area (Å²) in [6.07, 6.45) is 2.67. The first kappa shape index (κ1) is 8.62. The van der Waals surface area contributed by atoms with E-state index >= 15 is 0 Å². The molecule has 4 heteroatoms. The van der Waals surface area contributed by atoms with E-state index < -0.39 is 5.82 Å². The molecule has 70 valence electrons. The molecule has 0 unspecified atom stereocenters. The zero-order valence-electron chi connectivity index (χ0n) is 7.20. The van der Waals surface area contributed by atoms with Gasteiger partial charge in [-0.05, 0) is 24.3 Å². The normalized spacial score (nSPS) is 10.1. The molecule has 2 rings (SSSR count). The molecule has 2 aromatic rings. The third-order valence-electron chi connectivity index (χ3n) is 1.80. The standard InChI is InChI=1S/C10H7FN2O/c11-7-3-4-9(13-6-7)10(14)8-2-1-5-12-8/h1-6,12H. The van der Waals surface area contributed by atoms with Crippen LogP contribution in [0.4, 0.5) is 4.39 Å². The van der Waals surface area contributed by atoms with Gasteiger partial charge in [-0.3, -0.25) is 4.79 Å². The molecular formula is C10H7FN2O. The Morgan fingerprint density at radius 1 is 1.36 bits per heavy atom. The lowest BCUT2D eigenvalue weighted by Crippen LogP contribution is -2.04. The molecule has 0 atom stereocenters. The Morgan fingerprint density at radius 3 is 2.79 bits per heavy atom. The van der Waals surface area contributed by atoms with Crippen molar-refractivity contribution >= 4 is 5.78 Å². The lowest BCUT2D eigenvalue weighted by atomic mass is 10.2. The van der Waals surface area contributed by atoms with Crippen molar-refractivity contribution in [1.82, 2.24) is 9.97 Å². The number of aromatic nitrogens is 2. The van der Waals surface area contributed by atoms with Gasteiger partial charge in [-0.2, -0.15) is 0 Å². The van der Waals surface area contributed by atoms with Gasteiger partial charge >= 0.3 is 0 Å². The number of nitrogens with one attached hydrogen (secondary N) is 1. The van der Waals surface area contributed by atoms with Gasteiger partial charge in [0.1, 0.15) is 11.5 Å². The Hall–Kier alpha value is -1.97. The highest BCUT2D eigenvalue weighted by atomic mass is 19.1. The number of hydrogen-bond donors (Lipinski definition) is 1. The largest absolute Gasteiger partial charge is 0.358 e. The minimum absolute atomic E-state index is 0.230. The summed E-state index contributed by atoms with van der Waals surface area (Å²) in [6.45, 7) is 0. The molecule has 0 spiro atoms. The molecule has 2 aromatic heterocycles. The third-order valence-corrected chi connectivity index (χ3v) is 1.80. The maximum atomic E-state index is 12.5. The number of ketones is 1. The number of carbonyl (C=O) groups excluding carboxylic acids is 1. The van der Waals surface area contributed by atoms with Gasteiger partial charge in [0.25, 0.3) is 0 Å². The smallest absolute Gasteiger partial charge is 0.227 e. The molecule has 0 amide bonds. The first-order chi connectivity index (χ1) is 6.77. The van der Waals surface area contributed by atoms with E-state index in [1.54, 1.807) is 18.3 Å². The number of aromatic amines is 1. The highest BCUT2D eigenvalue weighted by molar-refractivity contribution is 6.06. The molecule has 0 aliphatic carbocycles. The average molecular weight is 190 g/mol. The Kier molecular flexibility index (Phi) is 2.10. The molecule has 1 N–H and O–H groups in total. The van der Waals surface area contributed by atoms with E-state index in [4.69, 9.17) is 0 Å². The van der Waals surface area contributed by atoms with E-state index in [9.17, 15) is 9.18 Å². The fourth-order valence-electron chi connectivity index (χ4n) is 1.12. The Morgan fingerprint density at radius 2 is 2.21 bits per heavy atom. The zero-order chi connectivity index (χ0) is 9.97. The van der Waals surface area contributed by atoms with Crippen LogP contribution in [-0.4, -0.2) is 15.8 Å². The lowest BCUT2D eigenvalue weighted by molar-refractivity contribution is 0.103. The second-order valence-electron chi connectivity index (χ2n) is 2.77. The number of halogens is 1. The highest BCUT2D eigenvalue weighted by Crippen LogP contribution is 2.05. The van der Waals surface area contributed by atoms with Crippen molar-refractivity contribution in [3.63, 3.8) is 0 Å². The van der Waals surface area contributed by atoms with Gasteiger partial charge in [0.2, 0.25) is 5.78 Å². The zero-order valence-corrected chi connectivity index (χ0v) is 7.20. The predicted octanol–water partition coefficient (Wildman–Crippen LogP) is 1.78. The van der Waals surface area contributed by atoms with E-state index in [1.807, 2.05) is 0 Å². The van der Waals surface area contributed by atoms with Crippen LogP contribution in [-0.2, 0) is 0 Å². The van der Waals surface area contributed by atoms with Crippen molar-refractivity contribution in [3.8, 4) is 0 Å². The monoisotopic (exact) mass is 190 g/mol. The van der Waals surface area contributed by atoms with E-state index in [1.165, 1.54) is 12.1 Å². The van der Waals surface area contributed by atoms with Crippen molar-refractivity contribution in [2.24, 2.45) is 0 Å². The molecule has 0 radical (unpaired) electrons. The van der Waals surface area contributed by atoms with Crippen LogP contribution in [0.2, 0.25) is 0 Å². The minimum Gasteiger partial charge on any atom is -0.358 e. The molecule has 0 saturated carbocycles. The maximum absolute atomic E-state index is 12.5. The summed E-state index contributed by atoms with van der Waals surface area (Å²) in [5, 5.41) is 0. The summed E-state index contributed by atoms with van der Waals surface area (Å²) in [7, 11) is 0. The van der Waals surface area contributed by atoms with Crippen LogP contribution in [0.25, 0.3) is 0 Å². The van der Waals surface area contributed by atoms with E-state index in [-0.39, 0.29) is 11.5 Å². The van der Waals surface area contributed by atoms with Crippen molar-refractivity contribution in [2.45, 2.75) is 0 Å². The first-order valence-corrected chi connectivity index (χ1v) is 4.07. The molecule has 2 heterocycles. The van der Waals surface area contributed by atoms with Crippen LogP contribution in [0.5, 0.6) is 0 Å².